The van der Waals surface area contributed by atoms with Crippen LogP contribution in [0.5, 0.6) is 0 Å². The zero-order chi connectivity index (χ0) is 17.7. The summed E-state index contributed by atoms with van der Waals surface area (Å²) in [6.45, 7) is -1.97. The van der Waals surface area contributed by atoms with Crippen molar-refractivity contribution in [2.24, 2.45) is 0 Å². The lowest BCUT2D eigenvalue weighted by Gasteiger charge is -2.29. The van der Waals surface area contributed by atoms with E-state index in [2.05, 4.69) is 14.4 Å². The molecule has 0 aromatic carbocycles. The molecule has 0 saturated carbocycles. The normalized spacial score (nSPS) is 16.0. The number of halogens is 6. The molecule has 0 spiro atoms. The van der Waals surface area contributed by atoms with Gasteiger partial charge in [0.05, 0.1) is 13.2 Å². The number of ether oxygens (including phenoxy) is 5. The summed E-state index contributed by atoms with van der Waals surface area (Å²) >= 11 is 11.0. The molecule has 0 saturated heterocycles. The first-order valence-electron chi connectivity index (χ1n) is 6.46. The molecule has 140 valence electrons. The summed E-state index contributed by atoms with van der Waals surface area (Å²) in [5, 5.41) is 0. The van der Waals surface area contributed by atoms with Gasteiger partial charge in [-0.25, -0.2) is 13.2 Å². The molecule has 2 atom stereocenters. The third kappa shape index (κ3) is 11.3. The van der Waals surface area contributed by atoms with E-state index in [9.17, 15) is 17.7 Å². The molecular weight excluding hydrogens is 375 g/mol. The topological polar surface area (TPSA) is 55.4 Å². The molecule has 2 unspecified atom stereocenters. The van der Waals surface area contributed by atoms with Crippen molar-refractivity contribution < 1.29 is 46.3 Å². The van der Waals surface area contributed by atoms with Crippen molar-refractivity contribution in [3.8, 4) is 0 Å². The van der Waals surface area contributed by atoms with Gasteiger partial charge >= 0.3 is 6.16 Å². The van der Waals surface area contributed by atoms with Crippen molar-refractivity contribution in [2.75, 3.05) is 39.7 Å². The van der Waals surface area contributed by atoms with Crippen LogP contribution in [0.1, 0.15) is 6.92 Å². The Labute approximate surface area is 140 Å². The zero-order valence-corrected chi connectivity index (χ0v) is 13.7. The van der Waals surface area contributed by atoms with E-state index in [1.807, 2.05) is 0 Å². The highest BCUT2D eigenvalue weighted by molar-refractivity contribution is 6.44. The van der Waals surface area contributed by atoms with Crippen LogP contribution in [0, 0.1) is 0 Å². The zero-order valence-electron chi connectivity index (χ0n) is 12.2. The van der Waals surface area contributed by atoms with E-state index < -0.39 is 50.2 Å². The maximum absolute atomic E-state index is 12.7. The van der Waals surface area contributed by atoms with Gasteiger partial charge in [0.1, 0.15) is 24.7 Å². The van der Waals surface area contributed by atoms with Crippen molar-refractivity contribution in [1.82, 2.24) is 0 Å². The van der Waals surface area contributed by atoms with E-state index in [0.717, 1.165) is 0 Å². The molecule has 0 heterocycles. The smallest absolute Gasteiger partial charge is 0.351 e. The summed E-state index contributed by atoms with van der Waals surface area (Å²) in [5.41, 5.74) is 0. The lowest BCUT2D eigenvalue weighted by Crippen LogP contribution is -2.44. The monoisotopic (exact) mass is 392 g/mol. The molecule has 23 heavy (non-hydrogen) atoms. The predicted octanol–water partition coefficient (Wildman–Crippen LogP) is 2.97. The van der Waals surface area contributed by atoms with E-state index in [-0.39, 0.29) is 13.2 Å². The standard InChI is InChI=1S/C11H18Cl2F4O6/c1-2-18-10(19-5-8(12)13)7-22-11(23-17,20-4-3-14)21-6-9(15)16/h8-10H,2-7H2,1H3. The number of rotatable bonds is 15. The Morgan fingerprint density at radius 2 is 1.65 bits per heavy atom. The molecule has 0 aromatic heterocycles. The van der Waals surface area contributed by atoms with Gasteiger partial charge in [-0.15, -0.1) is 23.2 Å². The highest BCUT2D eigenvalue weighted by atomic mass is 35.5. The van der Waals surface area contributed by atoms with E-state index in [0.29, 0.717) is 0 Å². The summed E-state index contributed by atoms with van der Waals surface area (Å²) in [6.07, 6.45) is -7.03. The number of hydrogen-bond acceptors (Lipinski definition) is 6. The van der Waals surface area contributed by atoms with Gasteiger partial charge in [-0.1, -0.05) is 4.94 Å². The van der Waals surface area contributed by atoms with Crippen molar-refractivity contribution in [3.63, 3.8) is 0 Å². The van der Waals surface area contributed by atoms with Crippen LogP contribution in [-0.2, 0) is 28.6 Å². The molecule has 12 heteroatoms. The van der Waals surface area contributed by atoms with Crippen molar-refractivity contribution in [3.05, 3.63) is 0 Å². The quantitative estimate of drug-likeness (QED) is 0.242. The summed E-state index contributed by atoms with van der Waals surface area (Å²) in [4.78, 5) is 2.45. The molecule has 0 amide bonds. The molecule has 0 rings (SSSR count). The Balaban J connectivity index is 4.67. The lowest BCUT2D eigenvalue weighted by atomic mass is 10.6. The van der Waals surface area contributed by atoms with Gasteiger partial charge in [0.2, 0.25) is 0 Å². The Morgan fingerprint density at radius 1 is 1.00 bits per heavy atom. The summed E-state index contributed by atoms with van der Waals surface area (Å²) < 4.78 is 73.1. The number of hydrogen-bond donors (Lipinski definition) is 0. The molecule has 0 aromatic rings. The van der Waals surface area contributed by atoms with Gasteiger partial charge in [-0.2, -0.15) is 0 Å². The molecule has 0 aliphatic rings. The summed E-state index contributed by atoms with van der Waals surface area (Å²) in [5.74, 6) is 0. The average Bonchev–Trinajstić information content (AvgIpc) is 2.51. The fourth-order valence-corrected chi connectivity index (χ4v) is 1.35. The minimum atomic E-state index is -2.97. The van der Waals surface area contributed by atoms with Crippen LogP contribution in [-0.4, -0.2) is 63.4 Å². The maximum Gasteiger partial charge on any atom is 0.444 e. The van der Waals surface area contributed by atoms with Crippen LogP contribution < -0.4 is 0 Å². The van der Waals surface area contributed by atoms with Gasteiger partial charge < -0.3 is 9.47 Å². The minimum absolute atomic E-state index is 0.149. The fraction of sp³-hybridized carbons (Fsp3) is 1.00. The van der Waals surface area contributed by atoms with Gasteiger partial charge in [0.25, 0.3) is 6.43 Å². The molecule has 6 nitrogen and oxygen atoms in total. The first-order chi connectivity index (χ1) is 10.9. The largest absolute Gasteiger partial charge is 0.444 e. The Bertz CT molecular complexity index is 293. The minimum Gasteiger partial charge on any atom is -0.351 e. The van der Waals surface area contributed by atoms with Crippen molar-refractivity contribution >= 4 is 23.2 Å². The second-order valence-electron chi connectivity index (χ2n) is 3.74. The van der Waals surface area contributed by atoms with Crippen molar-refractivity contribution in [2.45, 2.75) is 30.6 Å². The highest BCUT2D eigenvalue weighted by Gasteiger charge is 2.40. The lowest BCUT2D eigenvalue weighted by molar-refractivity contribution is -0.556. The Morgan fingerprint density at radius 3 is 2.13 bits per heavy atom. The fourth-order valence-electron chi connectivity index (χ4n) is 1.20. The number of alkyl halides is 5. The molecular formula is C11H18Cl2F4O6. The SMILES string of the molecule is CCOC(COC(OF)(OCCF)OCC(F)F)OCC(Cl)Cl. The van der Waals surface area contributed by atoms with Gasteiger partial charge in [0, 0.05) is 6.61 Å². The first kappa shape index (κ1) is 23.1. The maximum atomic E-state index is 12.7. The molecule has 0 bridgehead atoms. The van der Waals surface area contributed by atoms with Crippen LogP contribution in [0.25, 0.3) is 0 Å². The third-order valence-electron chi connectivity index (χ3n) is 1.99. The van der Waals surface area contributed by atoms with Crippen LogP contribution in [0.3, 0.4) is 0 Å². The van der Waals surface area contributed by atoms with Gasteiger partial charge in [0.15, 0.2) is 6.29 Å². The van der Waals surface area contributed by atoms with E-state index in [1.165, 1.54) is 0 Å². The van der Waals surface area contributed by atoms with E-state index >= 15 is 0 Å². The highest BCUT2D eigenvalue weighted by Crippen LogP contribution is 2.20. The second kappa shape index (κ2) is 13.4. The van der Waals surface area contributed by atoms with Crippen molar-refractivity contribution in [1.29, 1.82) is 0 Å². The molecule has 0 aliphatic carbocycles. The Kier molecular flexibility index (Phi) is 13.4. The second-order valence-corrected chi connectivity index (χ2v) is 5.01. The summed E-state index contributed by atoms with van der Waals surface area (Å²) in [6, 6.07) is 0. The first-order valence-corrected chi connectivity index (χ1v) is 7.33. The molecule has 0 N–H and O–H groups in total. The van der Waals surface area contributed by atoms with Crippen LogP contribution in [0.15, 0.2) is 0 Å². The molecule has 0 aliphatic heterocycles. The predicted molar refractivity (Wildman–Crippen MR) is 71.6 cm³/mol. The average molecular weight is 393 g/mol. The van der Waals surface area contributed by atoms with Crippen LogP contribution in [0.2, 0.25) is 0 Å². The molecule has 0 radical (unpaired) electrons. The van der Waals surface area contributed by atoms with Gasteiger partial charge in [-0.05, 0) is 11.4 Å². The summed E-state index contributed by atoms with van der Waals surface area (Å²) in [7, 11) is 0. The van der Waals surface area contributed by atoms with Crippen LogP contribution >= 0.6 is 23.2 Å². The molecule has 0 fully saturated rings. The van der Waals surface area contributed by atoms with Gasteiger partial charge in [-0.3, -0.25) is 14.2 Å². The van der Waals surface area contributed by atoms with E-state index in [1.54, 1.807) is 6.92 Å². The van der Waals surface area contributed by atoms with E-state index in [4.69, 9.17) is 37.4 Å². The van der Waals surface area contributed by atoms with Crippen LogP contribution in [0.4, 0.5) is 17.7 Å². The third-order valence-corrected chi connectivity index (χ3v) is 2.25. The Hall–Kier alpha value is 0.0600.